The van der Waals surface area contributed by atoms with E-state index in [1.165, 1.54) is 0 Å². The van der Waals surface area contributed by atoms with E-state index in [0.29, 0.717) is 13.1 Å². The topological polar surface area (TPSA) is 64.7 Å². The lowest BCUT2D eigenvalue weighted by Crippen LogP contribution is -2.26. The van der Waals surface area contributed by atoms with Crippen LogP contribution in [-0.4, -0.2) is 25.5 Å². The van der Waals surface area contributed by atoms with E-state index in [1.807, 2.05) is 52.1 Å². The van der Waals surface area contributed by atoms with Crippen molar-refractivity contribution in [3.8, 4) is 5.69 Å². The lowest BCUT2D eigenvalue weighted by molar-refractivity contribution is -0.121. The summed E-state index contributed by atoms with van der Waals surface area (Å²) in [6.45, 7) is 0.690. The van der Waals surface area contributed by atoms with Crippen LogP contribution in [0.5, 0.6) is 0 Å². The second-order valence-corrected chi connectivity index (χ2v) is 5.05. The van der Waals surface area contributed by atoms with Crippen LogP contribution in [0.1, 0.15) is 5.69 Å². The first-order chi connectivity index (χ1) is 9.81. The molecule has 0 aromatic carbocycles. The third-order valence-corrected chi connectivity index (χ3v) is 3.44. The zero-order valence-corrected chi connectivity index (χ0v) is 11.5. The molecule has 0 aliphatic heterocycles. The van der Waals surface area contributed by atoms with Gasteiger partial charge in [-0.15, -0.1) is 5.10 Å². The lowest BCUT2D eigenvalue weighted by Gasteiger charge is -2.03. The summed E-state index contributed by atoms with van der Waals surface area (Å²) in [5, 5.41) is 14.9. The standard InChI is InChI=1S/C13H13N5OS/c19-13(9-17-4-1-2-5-17)14-7-11-8-18(16-15-11)12-3-6-20-10-12/h1-6,8,10H,7,9H2,(H,14,19). The smallest absolute Gasteiger partial charge is 0.240 e. The predicted octanol–water partition coefficient (Wildman–Crippen LogP) is 1.45. The van der Waals surface area contributed by atoms with E-state index < -0.39 is 0 Å². The summed E-state index contributed by atoms with van der Waals surface area (Å²) < 4.78 is 3.52. The van der Waals surface area contributed by atoms with Crippen molar-refractivity contribution in [3.63, 3.8) is 0 Å². The Bertz CT molecular complexity index is 672. The van der Waals surface area contributed by atoms with E-state index in [-0.39, 0.29) is 5.91 Å². The number of rotatable bonds is 5. The first kappa shape index (κ1) is 12.6. The molecule has 0 radical (unpaired) electrons. The molecule has 1 amide bonds. The highest BCUT2D eigenvalue weighted by Gasteiger charge is 2.06. The van der Waals surface area contributed by atoms with Crippen LogP contribution < -0.4 is 5.32 Å². The SMILES string of the molecule is O=C(Cn1cccc1)NCc1cn(-c2ccsc2)nn1. The Morgan fingerprint density at radius 2 is 2.20 bits per heavy atom. The van der Waals surface area contributed by atoms with Crippen LogP contribution in [0.2, 0.25) is 0 Å². The second-order valence-electron chi connectivity index (χ2n) is 4.27. The summed E-state index contributed by atoms with van der Waals surface area (Å²) in [6.07, 6.45) is 5.52. The molecule has 7 heteroatoms. The summed E-state index contributed by atoms with van der Waals surface area (Å²) >= 11 is 1.60. The van der Waals surface area contributed by atoms with Gasteiger partial charge in [0, 0.05) is 17.8 Å². The molecule has 3 aromatic rings. The normalized spacial score (nSPS) is 10.6. The highest BCUT2D eigenvalue weighted by molar-refractivity contribution is 7.08. The van der Waals surface area contributed by atoms with Crippen LogP contribution in [0.3, 0.4) is 0 Å². The number of nitrogens with one attached hydrogen (secondary N) is 1. The third-order valence-electron chi connectivity index (χ3n) is 2.77. The number of carbonyl (C=O) groups is 1. The molecule has 6 nitrogen and oxygen atoms in total. The number of aromatic nitrogens is 4. The number of nitrogens with zero attached hydrogens (tertiary/aromatic N) is 4. The predicted molar refractivity (Wildman–Crippen MR) is 75.5 cm³/mol. The van der Waals surface area contributed by atoms with Gasteiger partial charge in [-0.25, -0.2) is 4.68 Å². The molecule has 0 spiro atoms. The van der Waals surface area contributed by atoms with Gasteiger partial charge in [-0.1, -0.05) is 5.21 Å². The Hall–Kier alpha value is -2.41. The minimum absolute atomic E-state index is 0.0497. The van der Waals surface area contributed by atoms with E-state index in [2.05, 4.69) is 15.6 Å². The third kappa shape index (κ3) is 2.94. The average Bonchev–Trinajstić information content (AvgIpc) is 3.18. The van der Waals surface area contributed by atoms with Gasteiger partial charge in [-0.2, -0.15) is 11.3 Å². The van der Waals surface area contributed by atoms with Crippen LogP contribution in [0.4, 0.5) is 0 Å². The van der Waals surface area contributed by atoms with Gasteiger partial charge in [0.2, 0.25) is 5.91 Å². The van der Waals surface area contributed by atoms with Crippen molar-refractivity contribution in [2.24, 2.45) is 0 Å². The number of hydrogen-bond acceptors (Lipinski definition) is 4. The Morgan fingerprint density at radius 3 is 2.95 bits per heavy atom. The molecule has 3 rings (SSSR count). The van der Waals surface area contributed by atoms with Gasteiger partial charge in [0.1, 0.15) is 12.2 Å². The number of hydrogen-bond donors (Lipinski definition) is 1. The van der Waals surface area contributed by atoms with Crippen molar-refractivity contribution in [2.45, 2.75) is 13.1 Å². The molecular weight excluding hydrogens is 274 g/mol. The molecule has 102 valence electrons. The molecular formula is C13H13N5OS. The first-order valence-electron chi connectivity index (χ1n) is 6.12. The maximum Gasteiger partial charge on any atom is 0.240 e. The number of amides is 1. The fourth-order valence-corrected chi connectivity index (χ4v) is 2.40. The molecule has 3 aromatic heterocycles. The monoisotopic (exact) mass is 287 g/mol. The maximum absolute atomic E-state index is 11.7. The van der Waals surface area contributed by atoms with Gasteiger partial charge in [0.15, 0.2) is 0 Å². The van der Waals surface area contributed by atoms with Crippen LogP contribution in [0, 0.1) is 0 Å². The van der Waals surface area contributed by atoms with E-state index in [9.17, 15) is 4.79 Å². The molecule has 0 fully saturated rings. The van der Waals surface area contributed by atoms with Gasteiger partial charge in [0.25, 0.3) is 0 Å². The van der Waals surface area contributed by atoms with Gasteiger partial charge in [-0.05, 0) is 23.6 Å². The minimum atomic E-state index is -0.0497. The first-order valence-corrected chi connectivity index (χ1v) is 7.07. The van der Waals surface area contributed by atoms with Crippen molar-refractivity contribution in [3.05, 3.63) is 53.2 Å². The number of thiophene rings is 1. The van der Waals surface area contributed by atoms with E-state index in [1.54, 1.807) is 16.0 Å². The lowest BCUT2D eigenvalue weighted by atomic mass is 10.4. The molecule has 1 N–H and O–H groups in total. The fourth-order valence-electron chi connectivity index (χ4n) is 1.78. The minimum Gasteiger partial charge on any atom is -0.349 e. The second kappa shape index (κ2) is 5.70. The quantitative estimate of drug-likeness (QED) is 0.772. The van der Waals surface area contributed by atoms with Gasteiger partial charge in [-0.3, -0.25) is 4.79 Å². The maximum atomic E-state index is 11.7. The highest BCUT2D eigenvalue weighted by atomic mass is 32.1. The van der Waals surface area contributed by atoms with E-state index >= 15 is 0 Å². The molecule has 3 heterocycles. The number of carbonyl (C=O) groups excluding carboxylic acids is 1. The molecule has 0 saturated carbocycles. The van der Waals surface area contributed by atoms with Gasteiger partial charge < -0.3 is 9.88 Å². The fraction of sp³-hybridized carbons (Fsp3) is 0.154. The van der Waals surface area contributed by atoms with Crippen LogP contribution in [-0.2, 0) is 17.9 Å². The van der Waals surface area contributed by atoms with Crippen molar-refractivity contribution in [1.29, 1.82) is 0 Å². The Morgan fingerprint density at radius 1 is 1.35 bits per heavy atom. The van der Waals surface area contributed by atoms with Crippen molar-refractivity contribution in [1.82, 2.24) is 24.9 Å². The van der Waals surface area contributed by atoms with Crippen molar-refractivity contribution >= 4 is 17.2 Å². The molecule has 0 aliphatic carbocycles. The summed E-state index contributed by atoms with van der Waals surface area (Å²) in [6, 6.07) is 5.74. The Kier molecular flexibility index (Phi) is 3.60. The van der Waals surface area contributed by atoms with Crippen molar-refractivity contribution < 1.29 is 4.79 Å². The average molecular weight is 287 g/mol. The van der Waals surface area contributed by atoms with Gasteiger partial charge in [0.05, 0.1) is 18.4 Å². The largest absolute Gasteiger partial charge is 0.349 e. The highest BCUT2D eigenvalue weighted by Crippen LogP contribution is 2.10. The summed E-state index contributed by atoms with van der Waals surface area (Å²) in [7, 11) is 0. The molecule has 20 heavy (non-hydrogen) atoms. The summed E-state index contributed by atoms with van der Waals surface area (Å²) in [5.41, 5.74) is 1.71. The van der Waals surface area contributed by atoms with E-state index in [0.717, 1.165) is 11.4 Å². The van der Waals surface area contributed by atoms with Gasteiger partial charge >= 0.3 is 0 Å². The Labute approximate surface area is 119 Å². The summed E-state index contributed by atoms with van der Waals surface area (Å²) in [4.78, 5) is 11.7. The Balaban J connectivity index is 1.55. The van der Waals surface area contributed by atoms with Crippen molar-refractivity contribution in [2.75, 3.05) is 0 Å². The molecule has 0 unspecified atom stereocenters. The zero-order chi connectivity index (χ0) is 13.8. The molecule has 0 bridgehead atoms. The van der Waals surface area contributed by atoms with E-state index in [4.69, 9.17) is 0 Å². The molecule has 0 saturated heterocycles. The van der Waals surface area contributed by atoms with Crippen LogP contribution in [0.25, 0.3) is 5.69 Å². The summed E-state index contributed by atoms with van der Waals surface area (Å²) in [5.74, 6) is -0.0497. The molecule has 0 atom stereocenters. The van der Waals surface area contributed by atoms with Crippen LogP contribution in [0.15, 0.2) is 47.5 Å². The zero-order valence-electron chi connectivity index (χ0n) is 10.6. The molecule has 0 aliphatic rings. The van der Waals surface area contributed by atoms with Crippen LogP contribution >= 0.6 is 11.3 Å².